The molecule has 0 heterocycles. The molecule has 0 unspecified atom stereocenters. The van der Waals surface area contributed by atoms with Crippen molar-refractivity contribution in [2.45, 2.75) is 19.0 Å². The minimum Gasteiger partial charge on any atom is -0.326 e. The lowest BCUT2D eigenvalue weighted by Gasteiger charge is -2.12. The number of hydrogen-bond donors (Lipinski definition) is 1. The maximum absolute atomic E-state index is 12.8. The lowest BCUT2D eigenvalue weighted by atomic mass is 10.0. The van der Waals surface area contributed by atoms with Gasteiger partial charge in [0.25, 0.3) is 0 Å². The summed E-state index contributed by atoms with van der Waals surface area (Å²) in [4.78, 5) is 12.4. The van der Waals surface area contributed by atoms with Crippen LogP contribution in [0.25, 0.3) is 0 Å². The highest BCUT2D eigenvalue weighted by Gasteiger charge is 2.30. The van der Waals surface area contributed by atoms with Crippen LogP contribution < -0.4 is 5.32 Å². The average Bonchev–Trinajstić information content (AvgIpc) is 2.64. The van der Waals surface area contributed by atoms with E-state index in [1.165, 1.54) is 12.1 Å². The molecule has 0 fully saturated rings. The van der Waals surface area contributed by atoms with Crippen molar-refractivity contribution in [3.63, 3.8) is 0 Å². The van der Waals surface area contributed by atoms with E-state index in [-0.39, 0.29) is 12.3 Å². The van der Waals surface area contributed by atoms with E-state index in [1.54, 1.807) is 6.07 Å². The molecule has 0 saturated heterocycles. The Morgan fingerprint density at radius 3 is 2.22 bits per heavy atom. The van der Waals surface area contributed by atoms with Gasteiger partial charge in [-0.15, -0.1) is 0 Å². The van der Waals surface area contributed by atoms with Gasteiger partial charge in [0.2, 0.25) is 5.91 Å². The van der Waals surface area contributed by atoms with Crippen molar-refractivity contribution >= 4 is 11.6 Å². The summed E-state index contributed by atoms with van der Waals surface area (Å²) in [7, 11) is 0. The molecule has 2 nitrogen and oxygen atoms in total. The smallest absolute Gasteiger partial charge is 0.326 e. The van der Waals surface area contributed by atoms with Gasteiger partial charge in [-0.2, -0.15) is 13.2 Å². The molecule has 0 atom stereocenters. The van der Waals surface area contributed by atoms with E-state index >= 15 is 0 Å². The second-order valence-electron chi connectivity index (χ2n) is 6.24. The van der Waals surface area contributed by atoms with Crippen molar-refractivity contribution in [1.82, 2.24) is 0 Å². The first-order chi connectivity index (χ1) is 12.9. The minimum atomic E-state index is -4.42. The fourth-order valence-electron chi connectivity index (χ4n) is 2.85. The van der Waals surface area contributed by atoms with Crippen LogP contribution >= 0.6 is 0 Å². The predicted octanol–water partition coefficient (Wildman–Crippen LogP) is 5.48. The number of para-hydroxylation sites is 1. The third-order valence-electron chi connectivity index (χ3n) is 4.15. The van der Waals surface area contributed by atoms with Crippen LogP contribution in [-0.4, -0.2) is 5.91 Å². The monoisotopic (exact) mass is 369 g/mol. The highest BCUT2D eigenvalue weighted by molar-refractivity contribution is 5.93. The molecule has 0 radical (unpaired) electrons. The second-order valence-corrected chi connectivity index (χ2v) is 6.24. The number of anilines is 1. The summed E-state index contributed by atoms with van der Waals surface area (Å²) in [5, 5.41) is 2.82. The molecule has 0 aliphatic carbocycles. The molecule has 138 valence electrons. The molecule has 0 aromatic heterocycles. The fourth-order valence-corrected chi connectivity index (χ4v) is 2.85. The summed E-state index contributed by atoms with van der Waals surface area (Å²) >= 11 is 0. The van der Waals surface area contributed by atoms with E-state index in [0.717, 1.165) is 23.3 Å². The van der Waals surface area contributed by atoms with Crippen molar-refractivity contribution in [2.75, 3.05) is 5.32 Å². The Kier molecular flexibility index (Phi) is 5.60. The SMILES string of the molecule is O=C(Cc1cccc(C(F)(F)F)c1)Nc1ccccc1Cc1ccccc1. The summed E-state index contributed by atoms with van der Waals surface area (Å²) in [6, 6.07) is 22.1. The molecule has 0 bridgehead atoms. The van der Waals surface area contributed by atoms with Gasteiger partial charge in [0.1, 0.15) is 0 Å². The highest BCUT2D eigenvalue weighted by atomic mass is 19.4. The van der Waals surface area contributed by atoms with Crippen molar-refractivity contribution < 1.29 is 18.0 Å². The molecular weight excluding hydrogens is 351 g/mol. The molecular formula is C22H18F3NO. The van der Waals surface area contributed by atoms with Crippen LogP contribution in [0.4, 0.5) is 18.9 Å². The van der Waals surface area contributed by atoms with Gasteiger partial charge in [-0.25, -0.2) is 0 Å². The van der Waals surface area contributed by atoms with Crippen molar-refractivity contribution in [1.29, 1.82) is 0 Å². The summed E-state index contributed by atoms with van der Waals surface area (Å²) in [6.07, 6.45) is -3.89. The van der Waals surface area contributed by atoms with Gasteiger partial charge in [-0.1, -0.05) is 66.7 Å². The highest BCUT2D eigenvalue weighted by Crippen LogP contribution is 2.29. The minimum absolute atomic E-state index is 0.121. The van der Waals surface area contributed by atoms with Gasteiger partial charge in [-0.05, 0) is 35.2 Å². The Labute approximate surface area is 155 Å². The van der Waals surface area contributed by atoms with E-state index in [4.69, 9.17) is 0 Å². The maximum Gasteiger partial charge on any atom is 0.416 e. The zero-order valence-electron chi connectivity index (χ0n) is 14.5. The number of carbonyl (C=O) groups is 1. The molecule has 27 heavy (non-hydrogen) atoms. The number of nitrogens with one attached hydrogen (secondary N) is 1. The summed E-state index contributed by atoms with van der Waals surface area (Å²) in [5.74, 6) is -0.352. The summed E-state index contributed by atoms with van der Waals surface area (Å²) in [5.41, 5.74) is 2.29. The molecule has 3 rings (SSSR count). The molecule has 1 N–H and O–H groups in total. The lowest BCUT2D eigenvalue weighted by molar-refractivity contribution is -0.137. The Balaban J connectivity index is 1.72. The molecule has 1 amide bonds. The number of hydrogen-bond acceptors (Lipinski definition) is 1. The van der Waals surface area contributed by atoms with Crippen LogP contribution in [0.2, 0.25) is 0 Å². The molecule has 3 aromatic rings. The fraction of sp³-hybridized carbons (Fsp3) is 0.136. The Morgan fingerprint density at radius 2 is 1.48 bits per heavy atom. The number of carbonyl (C=O) groups excluding carboxylic acids is 1. The van der Waals surface area contributed by atoms with Crippen LogP contribution in [0.1, 0.15) is 22.3 Å². The summed E-state index contributed by atoms with van der Waals surface area (Å²) < 4.78 is 38.4. The van der Waals surface area contributed by atoms with E-state index in [0.29, 0.717) is 17.7 Å². The molecule has 3 aromatic carbocycles. The van der Waals surface area contributed by atoms with E-state index in [9.17, 15) is 18.0 Å². The first-order valence-corrected chi connectivity index (χ1v) is 8.49. The third-order valence-corrected chi connectivity index (χ3v) is 4.15. The molecule has 0 aliphatic rings. The first-order valence-electron chi connectivity index (χ1n) is 8.49. The number of halogens is 3. The van der Waals surface area contributed by atoms with Crippen molar-refractivity contribution in [3.05, 3.63) is 101 Å². The van der Waals surface area contributed by atoms with Crippen molar-refractivity contribution in [3.8, 4) is 0 Å². The zero-order valence-corrected chi connectivity index (χ0v) is 14.5. The van der Waals surface area contributed by atoms with Gasteiger partial charge in [-0.3, -0.25) is 4.79 Å². The van der Waals surface area contributed by atoms with Crippen LogP contribution in [0.3, 0.4) is 0 Å². The molecule has 0 spiro atoms. The summed E-state index contributed by atoms with van der Waals surface area (Å²) in [6.45, 7) is 0. The third kappa shape index (κ3) is 5.20. The average molecular weight is 369 g/mol. The second kappa shape index (κ2) is 8.08. The number of rotatable bonds is 5. The van der Waals surface area contributed by atoms with Crippen LogP contribution in [0.15, 0.2) is 78.9 Å². The molecule has 0 aliphatic heterocycles. The van der Waals surface area contributed by atoms with Crippen LogP contribution in [0.5, 0.6) is 0 Å². The molecule has 0 saturated carbocycles. The quantitative estimate of drug-likeness (QED) is 0.634. The van der Waals surface area contributed by atoms with Gasteiger partial charge >= 0.3 is 6.18 Å². The predicted molar refractivity (Wildman–Crippen MR) is 99.5 cm³/mol. The zero-order chi connectivity index (χ0) is 19.3. The van der Waals surface area contributed by atoms with E-state index < -0.39 is 11.7 Å². The van der Waals surface area contributed by atoms with E-state index in [1.807, 2.05) is 48.5 Å². The number of benzene rings is 3. The van der Waals surface area contributed by atoms with Gasteiger partial charge in [0.05, 0.1) is 12.0 Å². The van der Waals surface area contributed by atoms with Crippen molar-refractivity contribution in [2.24, 2.45) is 0 Å². The van der Waals surface area contributed by atoms with Gasteiger partial charge in [0.15, 0.2) is 0 Å². The van der Waals surface area contributed by atoms with Crippen LogP contribution in [0, 0.1) is 0 Å². The number of amides is 1. The standard InChI is InChI=1S/C22H18F3NO/c23-22(24,25)19-11-6-9-17(14-19)15-21(27)26-20-12-5-4-10-18(20)13-16-7-2-1-3-8-16/h1-12,14H,13,15H2,(H,26,27). The number of alkyl halides is 3. The van der Waals surface area contributed by atoms with Gasteiger partial charge < -0.3 is 5.32 Å². The normalized spacial score (nSPS) is 11.2. The maximum atomic E-state index is 12.8. The lowest BCUT2D eigenvalue weighted by Crippen LogP contribution is -2.16. The first kappa shape index (κ1) is 18.7. The van der Waals surface area contributed by atoms with Crippen LogP contribution in [-0.2, 0) is 23.8 Å². The van der Waals surface area contributed by atoms with Gasteiger partial charge in [0, 0.05) is 5.69 Å². The largest absolute Gasteiger partial charge is 0.416 e. The Morgan fingerprint density at radius 1 is 0.815 bits per heavy atom. The Hall–Kier alpha value is -3.08. The topological polar surface area (TPSA) is 29.1 Å². The molecule has 5 heteroatoms. The Bertz CT molecular complexity index is 920. The van der Waals surface area contributed by atoms with E-state index in [2.05, 4.69) is 5.32 Å².